The lowest BCUT2D eigenvalue weighted by molar-refractivity contribution is -0.134. The van der Waals surface area contributed by atoms with Crippen molar-refractivity contribution in [1.82, 2.24) is 14.7 Å². The normalized spacial score (nSPS) is 19.9. The number of piperazine rings is 2. The fraction of sp³-hybridized carbons (Fsp3) is 0.579. The molecular formula is C19H28N4O2. The van der Waals surface area contributed by atoms with Crippen molar-refractivity contribution in [3.8, 4) is 0 Å². The van der Waals surface area contributed by atoms with Gasteiger partial charge in [-0.2, -0.15) is 0 Å². The highest BCUT2D eigenvalue weighted by molar-refractivity contribution is 5.78. The van der Waals surface area contributed by atoms with E-state index in [0.29, 0.717) is 12.1 Å². The second-order valence-electron chi connectivity index (χ2n) is 6.79. The van der Waals surface area contributed by atoms with Crippen LogP contribution < -0.4 is 4.90 Å². The van der Waals surface area contributed by atoms with E-state index < -0.39 is 0 Å². The van der Waals surface area contributed by atoms with E-state index >= 15 is 0 Å². The summed E-state index contributed by atoms with van der Waals surface area (Å²) in [6.07, 6.45) is 0.869. The van der Waals surface area contributed by atoms with Crippen LogP contribution in [-0.4, -0.2) is 92.3 Å². The summed E-state index contributed by atoms with van der Waals surface area (Å²) in [7, 11) is 0. The lowest BCUT2D eigenvalue weighted by Gasteiger charge is -2.38. The van der Waals surface area contributed by atoms with E-state index in [4.69, 9.17) is 0 Å². The molecule has 0 aromatic heterocycles. The van der Waals surface area contributed by atoms with Crippen molar-refractivity contribution in [2.45, 2.75) is 6.92 Å². The zero-order valence-corrected chi connectivity index (χ0v) is 15.1. The van der Waals surface area contributed by atoms with Gasteiger partial charge >= 0.3 is 0 Å². The Labute approximate surface area is 150 Å². The Kier molecular flexibility index (Phi) is 6.04. The van der Waals surface area contributed by atoms with Crippen molar-refractivity contribution in [2.75, 3.05) is 70.3 Å². The lowest BCUT2D eigenvalue weighted by atomic mass is 10.2. The topological polar surface area (TPSA) is 47.1 Å². The Morgan fingerprint density at radius 2 is 1.52 bits per heavy atom. The molecule has 0 bridgehead atoms. The van der Waals surface area contributed by atoms with Gasteiger partial charge in [-0.05, 0) is 30.8 Å². The Balaban J connectivity index is 1.44. The molecule has 0 unspecified atom stereocenters. The molecule has 25 heavy (non-hydrogen) atoms. The third-order valence-corrected chi connectivity index (χ3v) is 5.30. The molecule has 0 spiro atoms. The first-order valence-electron chi connectivity index (χ1n) is 9.22. The Morgan fingerprint density at radius 1 is 0.920 bits per heavy atom. The van der Waals surface area contributed by atoms with E-state index in [2.05, 4.69) is 21.6 Å². The highest BCUT2D eigenvalue weighted by Crippen LogP contribution is 2.17. The molecule has 0 N–H and O–H groups in total. The summed E-state index contributed by atoms with van der Waals surface area (Å²) in [6, 6.07) is 7.71. The van der Waals surface area contributed by atoms with E-state index in [-0.39, 0.29) is 5.91 Å². The SMILES string of the molecule is CCN1CCN(C(=O)CN2CCN(c3ccc(C=O)cc3)CC2)CC1. The molecule has 0 aliphatic carbocycles. The van der Waals surface area contributed by atoms with Crippen molar-refractivity contribution in [3.63, 3.8) is 0 Å². The summed E-state index contributed by atoms with van der Waals surface area (Å²) >= 11 is 0. The second-order valence-corrected chi connectivity index (χ2v) is 6.79. The molecule has 3 rings (SSSR count). The number of hydrogen-bond acceptors (Lipinski definition) is 5. The molecule has 6 nitrogen and oxygen atoms in total. The third-order valence-electron chi connectivity index (χ3n) is 5.30. The van der Waals surface area contributed by atoms with Gasteiger partial charge in [-0.25, -0.2) is 0 Å². The van der Waals surface area contributed by atoms with Crippen LogP contribution in [0.25, 0.3) is 0 Å². The first kappa shape index (κ1) is 17.9. The second kappa shape index (κ2) is 8.45. The van der Waals surface area contributed by atoms with Crippen molar-refractivity contribution in [2.24, 2.45) is 0 Å². The van der Waals surface area contributed by atoms with Crippen LogP contribution >= 0.6 is 0 Å². The Bertz CT molecular complexity index is 574. The maximum absolute atomic E-state index is 12.5. The van der Waals surface area contributed by atoms with Crippen LogP contribution in [0.4, 0.5) is 5.69 Å². The quantitative estimate of drug-likeness (QED) is 0.739. The third kappa shape index (κ3) is 4.58. The smallest absolute Gasteiger partial charge is 0.236 e. The van der Waals surface area contributed by atoms with Crippen molar-refractivity contribution in [3.05, 3.63) is 29.8 Å². The molecular weight excluding hydrogens is 316 g/mol. The number of carbonyl (C=O) groups is 2. The van der Waals surface area contributed by atoms with Gasteiger partial charge in [0.1, 0.15) is 6.29 Å². The number of aldehydes is 1. The summed E-state index contributed by atoms with van der Waals surface area (Å²) in [5.41, 5.74) is 1.85. The number of likely N-dealkylation sites (N-methyl/N-ethyl adjacent to an activating group) is 1. The number of nitrogens with zero attached hydrogens (tertiary/aromatic N) is 4. The zero-order valence-electron chi connectivity index (χ0n) is 15.1. The fourth-order valence-corrected chi connectivity index (χ4v) is 3.53. The highest BCUT2D eigenvalue weighted by Gasteiger charge is 2.24. The van der Waals surface area contributed by atoms with Crippen LogP contribution in [0.3, 0.4) is 0 Å². The monoisotopic (exact) mass is 344 g/mol. The molecule has 1 aromatic rings. The number of benzene rings is 1. The molecule has 136 valence electrons. The number of rotatable bonds is 5. The first-order chi connectivity index (χ1) is 12.2. The first-order valence-corrected chi connectivity index (χ1v) is 9.22. The molecule has 2 heterocycles. The van der Waals surface area contributed by atoms with Crippen molar-refractivity contribution < 1.29 is 9.59 Å². The van der Waals surface area contributed by atoms with Gasteiger partial charge in [-0.1, -0.05) is 6.92 Å². The summed E-state index contributed by atoms with van der Waals surface area (Å²) in [5, 5.41) is 0. The van der Waals surface area contributed by atoms with E-state index in [1.165, 1.54) is 0 Å². The molecule has 0 atom stereocenters. The van der Waals surface area contributed by atoms with Gasteiger partial charge in [0, 0.05) is 63.6 Å². The van der Waals surface area contributed by atoms with Crippen LogP contribution in [0.5, 0.6) is 0 Å². The number of amides is 1. The van der Waals surface area contributed by atoms with Crippen molar-refractivity contribution >= 4 is 17.9 Å². The Hall–Kier alpha value is -1.92. The van der Waals surface area contributed by atoms with Crippen molar-refractivity contribution in [1.29, 1.82) is 0 Å². The molecule has 0 radical (unpaired) electrons. The average molecular weight is 344 g/mol. The number of carbonyl (C=O) groups excluding carboxylic acids is 2. The maximum atomic E-state index is 12.5. The van der Waals surface area contributed by atoms with Crippen LogP contribution in [0.15, 0.2) is 24.3 Å². The maximum Gasteiger partial charge on any atom is 0.236 e. The summed E-state index contributed by atoms with van der Waals surface area (Å²) in [4.78, 5) is 32.2. The molecule has 2 saturated heterocycles. The fourth-order valence-electron chi connectivity index (χ4n) is 3.53. The van der Waals surface area contributed by atoms with E-state index in [1.54, 1.807) is 0 Å². The minimum absolute atomic E-state index is 0.263. The highest BCUT2D eigenvalue weighted by atomic mass is 16.2. The van der Waals surface area contributed by atoms with Gasteiger partial charge in [-0.3, -0.25) is 14.5 Å². The van der Waals surface area contributed by atoms with Gasteiger partial charge in [-0.15, -0.1) is 0 Å². The van der Waals surface area contributed by atoms with Gasteiger partial charge < -0.3 is 14.7 Å². The molecule has 1 aromatic carbocycles. The van der Waals surface area contributed by atoms with Crippen LogP contribution in [-0.2, 0) is 4.79 Å². The summed E-state index contributed by atoms with van der Waals surface area (Å²) < 4.78 is 0. The molecule has 2 fully saturated rings. The minimum atomic E-state index is 0.263. The van der Waals surface area contributed by atoms with E-state index in [1.807, 2.05) is 29.2 Å². The van der Waals surface area contributed by atoms with Gasteiger partial charge in [0.05, 0.1) is 6.54 Å². The van der Waals surface area contributed by atoms with Crippen LogP contribution in [0.2, 0.25) is 0 Å². The molecule has 6 heteroatoms. The van der Waals surface area contributed by atoms with E-state index in [0.717, 1.165) is 70.9 Å². The standard InChI is InChI=1S/C19H28N4O2/c1-2-20-7-13-23(14-8-20)19(25)15-21-9-11-22(12-10-21)18-5-3-17(16-24)4-6-18/h3-6,16H,2,7-15H2,1H3. The molecule has 1 amide bonds. The predicted molar refractivity (Wildman–Crippen MR) is 99.2 cm³/mol. The van der Waals surface area contributed by atoms with E-state index in [9.17, 15) is 9.59 Å². The lowest BCUT2D eigenvalue weighted by Crippen LogP contribution is -2.53. The largest absolute Gasteiger partial charge is 0.369 e. The Morgan fingerprint density at radius 3 is 2.08 bits per heavy atom. The summed E-state index contributed by atoms with van der Waals surface area (Å²) in [5.74, 6) is 0.263. The van der Waals surface area contributed by atoms with Crippen LogP contribution in [0, 0.1) is 0 Å². The number of hydrogen-bond donors (Lipinski definition) is 0. The molecule has 0 saturated carbocycles. The molecule has 2 aliphatic rings. The average Bonchev–Trinajstić information content (AvgIpc) is 2.68. The minimum Gasteiger partial charge on any atom is -0.369 e. The van der Waals surface area contributed by atoms with Crippen LogP contribution in [0.1, 0.15) is 17.3 Å². The summed E-state index contributed by atoms with van der Waals surface area (Å²) in [6.45, 7) is 11.1. The predicted octanol–water partition coefficient (Wildman–Crippen LogP) is 0.785. The van der Waals surface area contributed by atoms with Gasteiger partial charge in [0.15, 0.2) is 0 Å². The van der Waals surface area contributed by atoms with Gasteiger partial charge in [0.2, 0.25) is 5.91 Å². The zero-order chi connectivity index (χ0) is 17.6. The molecule has 2 aliphatic heterocycles. The number of anilines is 1. The van der Waals surface area contributed by atoms with Gasteiger partial charge in [0.25, 0.3) is 0 Å².